The third-order valence-electron chi connectivity index (χ3n) is 4.94. The molecule has 0 amide bonds. The van der Waals surface area contributed by atoms with E-state index in [0.29, 0.717) is 11.8 Å². The lowest BCUT2D eigenvalue weighted by molar-refractivity contribution is 0.254. The van der Waals surface area contributed by atoms with Crippen LogP contribution in [0.15, 0.2) is 41.5 Å². The largest absolute Gasteiger partial charge is 0.503 e. The zero-order valence-electron chi connectivity index (χ0n) is 14.6. The number of pyridine rings is 1. The van der Waals surface area contributed by atoms with E-state index < -0.39 is 0 Å². The van der Waals surface area contributed by atoms with Crippen LogP contribution in [-0.2, 0) is 0 Å². The lowest BCUT2D eigenvalue weighted by atomic mass is 9.95. The summed E-state index contributed by atoms with van der Waals surface area (Å²) in [6.45, 7) is 2.20. The SMILES string of the molecule is CC[C@H]1CSC2=N[C@@H](c3ccccn3)[C@@H](c3cc(Cl)c(O)c(OC)c3)N21. The van der Waals surface area contributed by atoms with Crippen LogP contribution >= 0.6 is 23.4 Å². The van der Waals surface area contributed by atoms with Gasteiger partial charge in [-0.2, -0.15) is 0 Å². The molecule has 0 radical (unpaired) electrons. The summed E-state index contributed by atoms with van der Waals surface area (Å²) in [5.74, 6) is 1.37. The number of aromatic nitrogens is 1. The Morgan fingerprint density at radius 1 is 1.38 bits per heavy atom. The maximum Gasteiger partial charge on any atom is 0.176 e. The monoisotopic (exact) mass is 389 g/mol. The normalized spacial score (nSPS) is 24.5. The van der Waals surface area contributed by atoms with E-state index in [9.17, 15) is 5.11 Å². The molecule has 1 aromatic carbocycles. The number of aliphatic imine (C=N–C) groups is 1. The van der Waals surface area contributed by atoms with E-state index >= 15 is 0 Å². The predicted molar refractivity (Wildman–Crippen MR) is 105 cm³/mol. The van der Waals surface area contributed by atoms with Gasteiger partial charge in [-0.1, -0.05) is 36.4 Å². The lowest BCUT2D eigenvalue weighted by Gasteiger charge is -2.32. The van der Waals surface area contributed by atoms with E-state index in [1.165, 1.54) is 7.11 Å². The van der Waals surface area contributed by atoms with Crippen molar-refractivity contribution in [2.45, 2.75) is 31.5 Å². The number of rotatable bonds is 4. The number of fused-ring (bicyclic) bond motifs is 1. The summed E-state index contributed by atoms with van der Waals surface area (Å²) in [4.78, 5) is 11.9. The molecular formula is C19H20ClN3O2S. The Hall–Kier alpha value is -1.92. The number of benzene rings is 1. The first-order valence-corrected chi connectivity index (χ1v) is 9.96. The standard InChI is InChI=1S/C19H20ClN3O2S/c1-3-12-10-26-19-22-16(14-6-4-5-7-21-14)17(23(12)19)11-8-13(20)18(24)15(9-11)25-2/h4-9,12,16-17,24H,3,10H2,1-2H3/t12-,16-,17+/m0/s1. The molecule has 4 rings (SSSR count). The van der Waals surface area contributed by atoms with E-state index in [1.54, 1.807) is 18.0 Å². The number of methoxy groups -OCH3 is 1. The average Bonchev–Trinajstić information content (AvgIpc) is 3.23. The van der Waals surface area contributed by atoms with Gasteiger partial charge in [-0.05, 0) is 36.2 Å². The highest BCUT2D eigenvalue weighted by Crippen LogP contribution is 2.50. The third kappa shape index (κ3) is 2.81. The van der Waals surface area contributed by atoms with Crippen LogP contribution < -0.4 is 4.74 Å². The molecule has 1 aromatic heterocycles. The van der Waals surface area contributed by atoms with Crippen molar-refractivity contribution < 1.29 is 9.84 Å². The number of thioether (sulfide) groups is 1. The van der Waals surface area contributed by atoms with Crippen molar-refractivity contribution in [3.05, 3.63) is 52.8 Å². The van der Waals surface area contributed by atoms with Gasteiger partial charge in [0.15, 0.2) is 16.7 Å². The third-order valence-corrected chi connectivity index (χ3v) is 6.36. The number of phenolic OH excluding ortho intramolecular Hbond substituents is 1. The summed E-state index contributed by atoms with van der Waals surface area (Å²) in [5.41, 5.74) is 1.90. The maximum absolute atomic E-state index is 10.1. The smallest absolute Gasteiger partial charge is 0.176 e. The molecule has 5 nitrogen and oxygen atoms in total. The van der Waals surface area contributed by atoms with E-state index in [-0.39, 0.29) is 22.9 Å². The first-order chi connectivity index (χ1) is 12.6. The van der Waals surface area contributed by atoms with Gasteiger partial charge in [0, 0.05) is 18.0 Å². The van der Waals surface area contributed by atoms with Crippen molar-refractivity contribution in [1.82, 2.24) is 9.88 Å². The molecule has 0 bridgehead atoms. The first kappa shape index (κ1) is 17.5. The van der Waals surface area contributed by atoms with Crippen LogP contribution in [0.5, 0.6) is 11.5 Å². The highest BCUT2D eigenvalue weighted by molar-refractivity contribution is 8.14. The molecule has 1 N–H and O–H groups in total. The second-order valence-corrected chi connectivity index (χ2v) is 7.78. The molecule has 0 aliphatic carbocycles. The summed E-state index contributed by atoms with van der Waals surface area (Å²) in [7, 11) is 1.53. The number of aromatic hydroxyl groups is 1. The van der Waals surface area contributed by atoms with Crippen LogP contribution in [0.25, 0.3) is 0 Å². The lowest BCUT2D eigenvalue weighted by Crippen LogP contribution is -2.35. The Kier molecular flexibility index (Phi) is 4.71. The molecule has 136 valence electrons. The quantitative estimate of drug-likeness (QED) is 0.838. The van der Waals surface area contributed by atoms with E-state index in [4.69, 9.17) is 21.3 Å². The minimum absolute atomic E-state index is 0.0214. The Labute approximate surface area is 162 Å². The van der Waals surface area contributed by atoms with Crippen LogP contribution in [-0.4, -0.2) is 39.1 Å². The van der Waals surface area contributed by atoms with E-state index in [0.717, 1.165) is 28.6 Å². The minimum Gasteiger partial charge on any atom is -0.503 e. The van der Waals surface area contributed by atoms with Gasteiger partial charge < -0.3 is 14.7 Å². The fraction of sp³-hybridized carbons (Fsp3) is 0.368. The Balaban J connectivity index is 1.83. The average molecular weight is 390 g/mol. The van der Waals surface area contributed by atoms with Gasteiger partial charge in [0.25, 0.3) is 0 Å². The molecule has 26 heavy (non-hydrogen) atoms. The number of halogens is 1. The summed E-state index contributed by atoms with van der Waals surface area (Å²) in [6.07, 6.45) is 2.84. The van der Waals surface area contributed by atoms with Crippen LogP contribution in [0.4, 0.5) is 0 Å². The molecule has 7 heteroatoms. The fourth-order valence-electron chi connectivity index (χ4n) is 3.63. The molecule has 3 heterocycles. The van der Waals surface area contributed by atoms with Crippen LogP contribution in [0.1, 0.15) is 36.7 Å². The molecule has 2 aliphatic rings. The van der Waals surface area contributed by atoms with E-state index in [1.807, 2.05) is 30.3 Å². The summed E-state index contributed by atoms with van der Waals surface area (Å²) in [5, 5.41) is 11.5. The molecule has 2 aliphatic heterocycles. The fourth-order valence-corrected chi connectivity index (χ4v) is 5.19. The van der Waals surface area contributed by atoms with E-state index in [2.05, 4.69) is 16.8 Å². The van der Waals surface area contributed by atoms with Crippen LogP contribution in [0.3, 0.4) is 0 Å². The van der Waals surface area contributed by atoms with Crippen molar-refractivity contribution in [2.24, 2.45) is 4.99 Å². The molecule has 0 unspecified atom stereocenters. The summed E-state index contributed by atoms with van der Waals surface area (Å²) >= 11 is 8.07. The van der Waals surface area contributed by atoms with Gasteiger partial charge in [-0.15, -0.1) is 0 Å². The number of ether oxygens (including phenoxy) is 1. The second-order valence-electron chi connectivity index (χ2n) is 6.39. The zero-order valence-corrected chi connectivity index (χ0v) is 16.2. The molecule has 1 saturated heterocycles. The van der Waals surface area contributed by atoms with Gasteiger partial charge >= 0.3 is 0 Å². The first-order valence-electron chi connectivity index (χ1n) is 8.60. The number of hydrogen-bond donors (Lipinski definition) is 1. The molecular weight excluding hydrogens is 370 g/mol. The molecule has 0 saturated carbocycles. The highest BCUT2D eigenvalue weighted by atomic mass is 35.5. The highest BCUT2D eigenvalue weighted by Gasteiger charge is 2.45. The molecule has 3 atom stereocenters. The van der Waals surface area contributed by atoms with Crippen molar-refractivity contribution in [2.75, 3.05) is 12.9 Å². The number of hydrogen-bond acceptors (Lipinski definition) is 6. The van der Waals surface area contributed by atoms with Gasteiger partial charge in [0.05, 0.1) is 23.9 Å². The van der Waals surface area contributed by atoms with Crippen LogP contribution in [0.2, 0.25) is 5.02 Å². The van der Waals surface area contributed by atoms with Gasteiger partial charge in [0.1, 0.15) is 6.04 Å². The van der Waals surface area contributed by atoms with Gasteiger partial charge in [-0.25, -0.2) is 0 Å². The van der Waals surface area contributed by atoms with Gasteiger partial charge in [-0.3, -0.25) is 9.98 Å². The van der Waals surface area contributed by atoms with Crippen molar-refractivity contribution in [1.29, 1.82) is 0 Å². The summed E-state index contributed by atoms with van der Waals surface area (Å²) in [6, 6.07) is 9.85. The second kappa shape index (κ2) is 7.00. The predicted octanol–water partition coefficient (Wildman–Crippen LogP) is 4.43. The number of nitrogens with zero attached hydrogens (tertiary/aromatic N) is 3. The van der Waals surface area contributed by atoms with Crippen molar-refractivity contribution in [3.8, 4) is 11.5 Å². The Morgan fingerprint density at radius 3 is 2.92 bits per heavy atom. The van der Waals surface area contributed by atoms with Crippen molar-refractivity contribution in [3.63, 3.8) is 0 Å². The van der Waals surface area contributed by atoms with Crippen LogP contribution in [0, 0.1) is 0 Å². The van der Waals surface area contributed by atoms with Gasteiger partial charge in [0.2, 0.25) is 0 Å². The molecule has 0 spiro atoms. The molecule has 1 fully saturated rings. The molecule has 2 aromatic rings. The summed E-state index contributed by atoms with van der Waals surface area (Å²) < 4.78 is 5.32. The number of amidine groups is 1. The Bertz CT molecular complexity index is 846. The maximum atomic E-state index is 10.1. The Morgan fingerprint density at radius 2 is 2.23 bits per heavy atom. The number of phenols is 1. The minimum atomic E-state index is -0.113. The zero-order chi connectivity index (χ0) is 18.3. The topological polar surface area (TPSA) is 58.0 Å². The van der Waals surface area contributed by atoms with Crippen molar-refractivity contribution >= 4 is 28.5 Å².